The molecule has 1 saturated heterocycles. The highest BCUT2D eigenvalue weighted by molar-refractivity contribution is 5.81. The summed E-state index contributed by atoms with van der Waals surface area (Å²) < 4.78 is 11.5. The van der Waals surface area contributed by atoms with Gasteiger partial charge in [0.2, 0.25) is 0 Å². The maximum Gasteiger partial charge on any atom is 0.199 e. The van der Waals surface area contributed by atoms with E-state index >= 15 is 0 Å². The van der Waals surface area contributed by atoms with E-state index in [0.717, 1.165) is 38.0 Å². The third-order valence-corrected chi connectivity index (χ3v) is 5.09. The Kier molecular flexibility index (Phi) is 4.50. The summed E-state index contributed by atoms with van der Waals surface area (Å²) in [5.41, 5.74) is 1.24. The highest BCUT2D eigenvalue weighted by Crippen LogP contribution is 2.46. The van der Waals surface area contributed by atoms with Crippen molar-refractivity contribution in [2.75, 3.05) is 6.61 Å². The maximum atomic E-state index is 12.2. The van der Waals surface area contributed by atoms with Gasteiger partial charge in [-0.05, 0) is 47.8 Å². The molecule has 2 atom stereocenters. The Morgan fingerprint density at radius 2 is 1.83 bits per heavy atom. The number of Topliss-reactive ketones (excluding diaryl/α,β-unsaturated/α-hetero) is 1. The number of hydrogen-bond donors (Lipinski definition) is 0. The van der Waals surface area contributed by atoms with Gasteiger partial charge in [0.1, 0.15) is 11.5 Å². The smallest absolute Gasteiger partial charge is 0.199 e. The predicted octanol–water partition coefficient (Wildman–Crippen LogP) is 4.63. The van der Waals surface area contributed by atoms with E-state index in [0.29, 0.717) is 18.6 Å². The molecule has 2 unspecified atom stereocenters. The first kappa shape index (κ1) is 16.5. The molecule has 1 saturated carbocycles. The fourth-order valence-electron chi connectivity index (χ4n) is 4.31. The lowest BCUT2D eigenvalue weighted by Crippen LogP contribution is -2.38. The topological polar surface area (TPSA) is 35.5 Å². The normalized spacial score (nSPS) is 30.9. The number of ketones is 1. The number of ether oxygens (including phenoxy) is 2. The van der Waals surface area contributed by atoms with Gasteiger partial charge in [0, 0.05) is 19.3 Å². The van der Waals surface area contributed by atoms with Crippen LogP contribution >= 0.6 is 0 Å². The molecule has 1 aromatic carbocycles. The van der Waals surface area contributed by atoms with Gasteiger partial charge in [-0.2, -0.15) is 0 Å². The maximum absolute atomic E-state index is 12.2. The summed E-state index contributed by atoms with van der Waals surface area (Å²) in [5.74, 6) is 1.23. The molecule has 0 radical (unpaired) electrons. The first-order valence-electron chi connectivity index (χ1n) is 8.77. The van der Waals surface area contributed by atoms with E-state index in [1.165, 1.54) is 5.56 Å². The van der Waals surface area contributed by atoms with Crippen LogP contribution < -0.4 is 4.74 Å². The third kappa shape index (κ3) is 3.95. The van der Waals surface area contributed by atoms with Crippen LogP contribution in [0.1, 0.15) is 64.9 Å². The standard InChI is InChI=1S/C20H28O3/c1-19(2)12-16(21)13-20(3,14-19)15-7-9-17(10-8-15)23-18-6-4-5-11-22-18/h7-10,18H,4-6,11-14H2,1-3H3. The number of carbonyl (C=O) groups excluding carboxylic acids is 1. The molecule has 0 aromatic heterocycles. The van der Waals surface area contributed by atoms with Gasteiger partial charge in [-0.3, -0.25) is 4.79 Å². The van der Waals surface area contributed by atoms with E-state index in [1.807, 2.05) is 12.1 Å². The second-order valence-electron chi connectivity index (χ2n) is 8.23. The SMILES string of the molecule is CC1(C)CC(=O)CC(C)(c2ccc(OC3CCCCO3)cc2)C1. The molecule has 2 aliphatic rings. The molecule has 1 aliphatic carbocycles. The van der Waals surface area contributed by atoms with Crippen molar-refractivity contribution in [3.63, 3.8) is 0 Å². The van der Waals surface area contributed by atoms with Crippen molar-refractivity contribution in [3.05, 3.63) is 29.8 Å². The summed E-state index contributed by atoms with van der Waals surface area (Å²) in [7, 11) is 0. The van der Waals surface area contributed by atoms with E-state index < -0.39 is 0 Å². The molecule has 0 bridgehead atoms. The molecule has 0 amide bonds. The van der Waals surface area contributed by atoms with Crippen LogP contribution in [-0.2, 0) is 14.9 Å². The Labute approximate surface area is 139 Å². The average molecular weight is 316 g/mol. The monoisotopic (exact) mass is 316 g/mol. The van der Waals surface area contributed by atoms with Gasteiger partial charge >= 0.3 is 0 Å². The lowest BCUT2D eigenvalue weighted by molar-refractivity contribution is -0.125. The van der Waals surface area contributed by atoms with Gasteiger partial charge in [-0.15, -0.1) is 0 Å². The van der Waals surface area contributed by atoms with Gasteiger partial charge in [0.25, 0.3) is 0 Å². The van der Waals surface area contributed by atoms with Crippen LogP contribution in [0.3, 0.4) is 0 Å². The Hall–Kier alpha value is -1.35. The molecular formula is C20H28O3. The van der Waals surface area contributed by atoms with Crippen molar-refractivity contribution < 1.29 is 14.3 Å². The van der Waals surface area contributed by atoms with E-state index in [4.69, 9.17) is 9.47 Å². The summed E-state index contributed by atoms with van der Waals surface area (Å²) >= 11 is 0. The zero-order valence-corrected chi connectivity index (χ0v) is 14.6. The summed E-state index contributed by atoms with van der Waals surface area (Å²) in [6.45, 7) is 7.39. The zero-order valence-electron chi connectivity index (χ0n) is 14.6. The number of hydrogen-bond acceptors (Lipinski definition) is 3. The zero-order chi connectivity index (χ0) is 16.5. The predicted molar refractivity (Wildman–Crippen MR) is 90.7 cm³/mol. The van der Waals surface area contributed by atoms with Crippen LogP contribution in [0.25, 0.3) is 0 Å². The van der Waals surface area contributed by atoms with Crippen LogP contribution in [0.15, 0.2) is 24.3 Å². The van der Waals surface area contributed by atoms with E-state index in [9.17, 15) is 4.79 Å². The molecule has 1 aliphatic heterocycles. The first-order chi connectivity index (χ1) is 10.9. The van der Waals surface area contributed by atoms with Crippen molar-refractivity contribution in [2.24, 2.45) is 5.41 Å². The minimum atomic E-state index is -0.111. The Morgan fingerprint density at radius 1 is 1.09 bits per heavy atom. The average Bonchev–Trinajstić information content (AvgIpc) is 2.46. The molecule has 2 fully saturated rings. The molecule has 3 heteroatoms. The largest absolute Gasteiger partial charge is 0.465 e. The minimum Gasteiger partial charge on any atom is -0.465 e. The third-order valence-electron chi connectivity index (χ3n) is 5.09. The highest BCUT2D eigenvalue weighted by Gasteiger charge is 2.41. The second kappa shape index (κ2) is 6.27. The molecule has 1 aromatic rings. The van der Waals surface area contributed by atoms with Crippen LogP contribution in [0.5, 0.6) is 5.75 Å². The van der Waals surface area contributed by atoms with Crippen LogP contribution in [0, 0.1) is 5.41 Å². The summed E-state index contributed by atoms with van der Waals surface area (Å²) in [5, 5.41) is 0. The molecule has 23 heavy (non-hydrogen) atoms. The van der Waals surface area contributed by atoms with E-state index in [2.05, 4.69) is 32.9 Å². The molecule has 0 spiro atoms. The van der Waals surface area contributed by atoms with Crippen molar-refractivity contribution in [2.45, 2.75) is 71.0 Å². The Bertz CT molecular complexity index is 555. The highest BCUT2D eigenvalue weighted by atomic mass is 16.7. The number of benzene rings is 1. The fraction of sp³-hybridized carbons (Fsp3) is 0.650. The fourth-order valence-corrected chi connectivity index (χ4v) is 4.31. The van der Waals surface area contributed by atoms with Gasteiger partial charge in [-0.1, -0.05) is 32.9 Å². The summed E-state index contributed by atoms with van der Waals surface area (Å²) in [6.07, 6.45) is 5.52. The van der Waals surface area contributed by atoms with Crippen molar-refractivity contribution in [3.8, 4) is 5.75 Å². The molecule has 1 heterocycles. The number of rotatable bonds is 3. The Morgan fingerprint density at radius 3 is 2.43 bits per heavy atom. The number of carbonyl (C=O) groups is 1. The molecule has 3 nitrogen and oxygen atoms in total. The first-order valence-corrected chi connectivity index (χ1v) is 8.77. The lowest BCUT2D eigenvalue weighted by atomic mass is 9.61. The molecular weight excluding hydrogens is 288 g/mol. The van der Waals surface area contributed by atoms with Gasteiger partial charge in [0.05, 0.1) is 6.61 Å². The van der Waals surface area contributed by atoms with Gasteiger partial charge < -0.3 is 9.47 Å². The Balaban J connectivity index is 1.72. The summed E-state index contributed by atoms with van der Waals surface area (Å²) in [6, 6.07) is 8.27. The van der Waals surface area contributed by atoms with Crippen molar-refractivity contribution in [1.82, 2.24) is 0 Å². The van der Waals surface area contributed by atoms with Crippen LogP contribution in [-0.4, -0.2) is 18.7 Å². The summed E-state index contributed by atoms with van der Waals surface area (Å²) in [4.78, 5) is 12.2. The van der Waals surface area contributed by atoms with Crippen LogP contribution in [0.4, 0.5) is 0 Å². The van der Waals surface area contributed by atoms with E-state index in [1.54, 1.807) is 0 Å². The minimum absolute atomic E-state index is 0.0707. The van der Waals surface area contributed by atoms with Gasteiger partial charge in [-0.25, -0.2) is 0 Å². The lowest BCUT2D eigenvalue weighted by Gasteiger charge is -2.42. The van der Waals surface area contributed by atoms with Crippen LogP contribution in [0.2, 0.25) is 0 Å². The molecule has 126 valence electrons. The van der Waals surface area contributed by atoms with E-state index in [-0.39, 0.29) is 17.1 Å². The van der Waals surface area contributed by atoms with Crippen molar-refractivity contribution in [1.29, 1.82) is 0 Å². The molecule has 0 N–H and O–H groups in total. The molecule has 3 rings (SSSR count). The van der Waals surface area contributed by atoms with Gasteiger partial charge in [0.15, 0.2) is 6.29 Å². The second-order valence-corrected chi connectivity index (χ2v) is 8.23. The quantitative estimate of drug-likeness (QED) is 0.815. The van der Waals surface area contributed by atoms with Crippen molar-refractivity contribution >= 4 is 5.78 Å².